The fourth-order valence-corrected chi connectivity index (χ4v) is 3.26. The third-order valence-electron chi connectivity index (χ3n) is 4.45. The highest BCUT2D eigenvalue weighted by atomic mass is 14.6. The van der Waals surface area contributed by atoms with E-state index < -0.39 is 0 Å². The van der Waals surface area contributed by atoms with Crippen molar-refractivity contribution in [1.29, 1.82) is 5.26 Å². The van der Waals surface area contributed by atoms with Crippen molar-refractivity contribution in [3.63, 3.8) is 0 Å². The second-order valence-electron chi connectivity index (χ2n) is 5.69. The van der Waals surface area contributed by atoms with Gasteiger partial charge in [0.25, 0.3) is 0 Å². The molecule has 0 unspecified atom stereocenters. The second kappa shape index (κ2) is 6.72. The quantitative estimate of drug-likeness (QED) is 0.899. The molecule has 20 heavy (non-hydrogen) atoms. The number of nitriles is 1. The molecule has 1 saturated carbocycles. The molecule has 0 aromatic heterocycles. The Hall–Kier alpha value is -1.59. The summed E-state index contributed by atoms with van der Waals surface area (Å²) in [6.45, 7) is 4.29. The van der Waals surface area contributed by atoms with Gasteiger partial charge in [-0.05, 0) is 73.8 Å². The van der Waals surface area contributed by atoms with Crippen LogP contribution in [0.15, 0.2) is 24.3 Å². The van der Waals surface area contributed by atoms with Crippen LogP contribution in [0.5, 0.6) is 0 Å². The van der Waals surface area contributed by atoms with E-state index in [9.17, 15) is 0 Å². The zero-order valence-corrected chi connectivity index (χ0v) is 12.5. The SMILES string of the molecule is C/C=C(\c1cc(C#N)ccc1CC)C1CCC(N)CC1. The zero-order valence-electron chi connectivity index (χ0n) is 12.5. The van der Waals surface area contributed by atoms with E-state index >= 15 is 0 Å². The fraction of sp³-hybridized carbons (Fsp3) is 0.500. The van der Waals surface area contributed by atoms with Gasteiger partial charge in [-0.1, -0.05) is 19.1 Å². The summed E-state index contributed by atoms with van der Waals surface area (Å²) in [5, 5.41) is 9.14. The Morgan fingerprint density at radius 1 is 1.35 bits per heavy atom. The van der Waals surface area contributed by atoms with E-state index in [0.717, 1.165) is 24.8 Å². The molecule has 0 radical (unpaired) electrons. The van der Waals surface area contributed by atoms with Crippen LogP contribution in [0.1, 0.15) is 56.2 Å². The van der Waals surface area contributed by atoms with E-state index in [1.807, 2.05) is 6.07 Å². The van der Waals surface area contributed by atoms with Crippen LogP contribution in [0.2, 0.25) is 0 Å². The van der Waals surface area contributed by atoms with Crippen LogP contribution in [-0.2, 0) is 6.42 Å². The molecule has 0 bridgehead atoms. The van der Waals surface area contributed by atoms with Crippen LogP contribution in [-0.4, -0.2) is 6.04 Å². The van der Waals surface area contributed by atoms with Gasteiger partial charge in [0.1, 0.15) is 0 Å². The average molecular weight is 268 g/mol. The first-order valence-electron chi connectivity index (χ1n) is 7.64. The number of hydrogen-bond donors (Lipinski definition) is 1. The van der Waals surface area contributed by atoms with Gasteiger partial charge in [0.15, 0.2) is 0 Å². The van der Waals surface area contributed by atoms with E-state index in [-0.39, 0.29) is 0 Å². The maximum absolute atomic E-state index is 9.14. The fourth-order valence-electron chi connectivity index (χ4n) is 3.26. The second-order valence-corrected chi connectivity index (χ2v) is 5.69. The predicted molar refractivity (Wildman–Crippen MR) is 84.1 cm³/mol. The number of benzene rings is 1. The minimum atomic E-state index is 0.375. The summed E-state index contributed by atoms with van der Waals surface area (Å²) in [5.74, 6) is 0.596. The van der Waals surface area contributed by atoms with E-state index in [1.54, 1.807) is 0 Å². The van der Waals surface area contributed by atoms with Crippen LogP contribution in [0, 0.1) is 17.2 Å². The lowest BCUT2D eigenvalue weighted by Gasteiger charge is -2.29. The lowest BCUT2D eigenvalue weighted by Crippen LogP contribution is -2.27. The van der Waals surface area contributed by atoms with Crippen LogP contribution in [0.4, 0.5) is 0 Å². The van der Waals surface area contributed by atoms with Gasteiger partial charge in [-0.2, -0.15) is 5.26 Å². The van der Waals surface area contributed by atoms with Crippen molar-refractivity contribution in [3.8, 4) is 6.07 Å². The van der Waals surface area contributed by atoms with Crippen LogP contribution >= 0.6 is 0 Å². The molecule has 1 aliphatic carbocycles. The Kier molecular flexibility index (Phi) is 4.98. The predicted octanol–water partition coefficient (Wildman–Crippen LogP) is 4.04. The Balaban J connectivity index is 2.34. The van der Waals surface area contributed by atoms with E-state index in [2.05, 4.69) is 38.1 Å². The Morgan fingerprint density at radius 3 is 2.60 bits per heavy atom. The normalized spacial score (nSPS) is 23.4. The van der Waals surface area contributed by atoms with Gasteiger partial charge < -0.3 is 5.73 Å². The largest absolute Gasteiger partial charge is 0.328 e. The van der Waals surface area contributed by atoms with Gasteiger partial charge in [-0.3, -0.25) is 0 Å². The van der Waals surface area contributed by atoms with E-state index in [0.29, 0.717) is 12.0 Å². The molecule has 106 valence electrons. The van der Waals surface area contributed by atoms with Crippen molar-refractivity contribution >= 4 is 5.57 Å². The minimum Gasteiger partial charge on any atom is -0.328 e. The van der Waals surface area contributed by atoms with Crippen LogP contribution in [0.25, 0.3) is 5.57 Å². The third-order valence-corrected chi connectivity index (χ3v) is 4.45. The molecule has 0 amide bonds. The number of allylic oxidation sites excluding steroid dienone is 2. The first kappa shape index (κ1) is 14.8. The minimum absolute atomic E-state index is 0.375. The standard InChI is InChI=1S/C18H24N2/c1-3-14-6-5-13(12-19)11-18(14)17(4-2)15-7-9-16(20)10-8-15/h4-6,11,15-16H,3,7-10,20H2,1-2H3/b17-4-. The van der Waals surface area contributed by atoms with Gasteiger partial charge in [0, 0.05) is 6.04 Å². The molecule has 0 aliphatic heterocycles. The molecule has 2 nitrogen and oxygen atoms in total. The van der Waals surface area contributed by atoms with E-state index in [1.165, 1.54) is 29.5 Å². The summed E-state index contributed by atoms with van der Waals surface area (Å²) < 4.78 is 0. The van der Waals surface area contributed by atoms with Crippen LogP contribution in [0.3, 0.4) is 0 Å². The molecule has 0 atom stereocenters. The topological polar surface area (TPSA) is 49.8 Å². The summed E-state index contributed by atoms with van der Waals surface area (Å²) >= 11 is 0. The molecular formula is C18H24N2. The number of rotatable bonds is 3. The first-order chi connectivity index (χ1) is 9.69. The highest BCUT2D eigenvalue weighted by Crippen LogP contribution is 2.36. The Morgan fingerprint density at radius 2 is 2.05 bits per heavy atom. The maximum atomic E-state index is 9.14. The van der Waals surface area contributed by atoms with Gasteiger partial charge in [0.2, 0.25) is 0 Å². The number of aryl methyl sites for hydroxylation is 1. The monoisotopic (exact) mass is 268 g/mol. The highest BCUT2D eigenvalue weighted by molar-refractivity contribution is 5.71. The summed E-state index contributed by atoms with van der Waals surface area (Å²) in [5.41, 5.74) is 10.8. The van der Waals surface area contributed by atoms with Gasteiger partial charge in [0.05, 0.1) is 11.6 Å². The molecule has 1 aliphatic rings. The summed E-state index contributed by atoms with van der Waals surface area (Å²) in [6.07, 6.45) is 7.80. The lowest BCUT2D eigenvalue weighted by molar-refractivity contribution is 0.383. The zero-order chi connectivity index (χ0) is 14.5. The molecule has 2 rings (SSSR count). The van der Waals surface area contributed by atoms with Crippen LogP contribution < -0.4 is 5.73 Å². The summed E-state index contributed by atoms with van der Waals surface area (Å²) in [4.78, 5) is 0. The maximum Gasteiger partial charge on any atom is 0.0991 e. The van der Waals surface area contributed by atoms with Gasteiger partial charge >= 0.3 is 0 Å². The number of nitrogens with zero attached hydrogens (tertiary/aromatic N) is 1. The van der Waals surface area contributed by atoms with Crippen molar-refractivity contribution in [3.05, 3.63) is 41.0 Å². The molecule has 2 heteroatoms. The Labute approximate surface area is 122 Å². The van der Waals surface area contributed by atoms with Crippen molar-refractivity contribution in [2.75, 3.05) is 0 Å². The van der Waals surface area contributed by atoms with Gasteiger partial charge in [-0.25, -0.2) is 0 Å². The highest BCUT2D eigenvalue weighted by Gasteiger charge is 2.23. The summed E-state index contributed by atoms with van der Waals surface area (Å²) in [7, 11) is 0. The molecule has 1 aromatic carbocycles. The first-order valence-corrected chi connectivity index (χ1v) is 7.64. The lowest BCUT2D eigenvalue weighted by atomic mass is 9.78. The van der Waals surface area contributed by atoms with E-state index in [4.69, 9.17) is 11.0 Å². The van der Waals surface area contributed by atoms with Gasteiger partial charge in [-0.15, -0.1) is 0 Å². The Bertz CT molecular complexity index is 529. The molecule has 1 fully saturated rings. The number of hydrogen-bond acceptors (Lipinski definition) is 2. The molecule has 0 heterocycles. The van der Waals surface area contributed by atoms with Crippen molar-refractivity contribution < 1.29 is 0 Å². The summed E-state index contributed by atoms with van der Waals surface area (Å²) in [6, 6.07) is 8.72. The van der Waals surface area contributed by atoms with Crippen molar-refractivity contribution in [1.82, 2.24) is 0 Å². The molecular weight excluding hydrogens is 244 g/mol. The third kappa shape index (κ3) is 3.11. The molecule has 2 N–H and O–H groups in total. The molecule has 0 spiro atoms. The smallest absolute Gasteiger partial charge is 0.0991 e. The molecule has 0 saturated heterocycles. The van der Waals surface area contributed by atoms with Crippen molar-refractivity contribution in [2.45, 2.75) is 52.0 Å². The molecule has 1 aromatic rings. The average Bonchev–Trinajstić information content (AvgIpc) is 2.49. The number of nitrogens with two attached hydrogens (primary N) is 1. The van der Waals surface area contributed by atoms with Crippen molar-refractivity contribution in [2.24, 2.45) is 11.7 Å².